The van der Waals surface area contributed by atoms with Gasteiger partial charge >= 0.3 is 0 Å². The zero-order valence-electron chi connectivity index (χ0n) is 15.8. The number of benzene rings is 2. The van der Waals surface area contributed by atoms with E-state index in [1.165, 1.54) is 0 Å². The molecule has 2 aromatic rings. The molecule has 0 saturated carbocycles. The Morgan fingerprint density at radius 1 is 0.889 bits per heavy atom. The van der Waals surface area contributed by atoms with Crippen molar-refractivity contribution in [3.8, 4) is 5.75 Å². The highest BCUT2D eigenvalue weighted by atomic mass is 16.5. The molecule has 1 fully saturated rings. The van der Waals surface area contributed by atoms with Crippen LogP contribution in [0.25, 0.3) is 0 Å². The fraction of sp³-hybridized carbons (Fsp3) is 0.364. The fourth-order valence-electron chi connectivity index (χ4n) is 3.23. The zero-order chi connectivity index (χ0) is 19.1. The summed E-state index contributed by atoms with van der Waals surface area (Å²) in [6.07, 6.45) is 1.16. The monoisotopic (exact) mass is 366 g/mol. The number of rotatable bonds is 6. The van der Waals surface area contributed by atoms with Crippen LogP contribution < -0.4 is 4.74 Å². The van der Waals surface area contributed by atoms with Crippen molar-refractivity contribution in [3.05, 3.63) is 65.7 Å². The first-order valence-electron chi connectivity index (χ1n) is 9.45. The number of aryl methyl sites for hydroxylation is 1. The average Bonchev–Trinajstić information content (AvgIpc) is 2.72. The van der Waals surface area contributed by atoms with Gasteiger partial charge < -0.3 is 14.5 Å². The van der Waals surface area contributed by atoms with Gasteiger partial charge in [-0.1, -0.05) is 36.4 Å². The first-order chi connectivity index (χ1) is 13.1. The summed E-state index contributed by atoms with van der Waals surface area (Å²) in [5.41, 5.74) is 1.73. The number of nitrogens with zero attached hydrogens (tertiary/aromatic N) is 2. The van der Waals surface area contributed by atoms with E-state index in [4.69, 9.17) is 4.74 Å². The largest absolute Gasteiger partial charge is 0.494 e. The Balaban J connectivity index is 1.40. The molecule has 0 N–H and O–H groups in total. The standard InChI is InChI=1S/C22H26N2O3/c1-18-8-5-6-11-20(18)22(26)24-15-13-23(14-16-24)21(25)12-7-17-27-19-9-3-2-4-10-19/h2-6,8-11H,7,12-17H2,1H3. The van der Waals surface area contributed by atoms with Gasteiger partial charge in [0, 0.05) is 38.2 Å². The van der Waals surface area contributed by atoms with Crippen LogP contribution in [0, 0.1) is 6.92 Å². The van der Waals surface area contributed by atoms with Gasteiger partial charge in [-0.25, -0.2) is 0 Å². The summed E-state index contributed by atoms with van der Waals surface area (Å²) in [6, 6.07) is 17.3. The van der Waals surface area contributed by atoms with E-state index in [0.717, 1.165) is 16.9 Å². The molecule has 1 aliphatic heterocycles. The van der Waals surface area contributed by atoms with Gasteiger partial charge in [0.2, 0.25) is 5.91 Å². The topological polar surface area (TPSA) is 49.9 Å². The van der Waals surface area contributed by atoms with Gasteiger partial charge in [-0.3, -0.25) is 9.59 Å². The molecule has 3 rings (SSSR count). The molecule has 2 amide bonds. The molecule has 0 aromatic heterocycles. The molecule has 142 valence electrons. The van der Waals surface area contributed by atoms with Crippen LogP contribution in [0.5, 0.6) is 5.75 Å². The molecule has 1 aliphatic rings. The molecular weight excluding hydrogens is 340 g/mol. The summed E-state index contributed by atoms with van der Waals surface area (Å²) >= 11 is 0. The van der Waals surface area contributed by atoms with Crippen molar-refractivity contribution in [2.24, 2.45) is 0 Å². The Kier molecular flexibility index (Phi) is 6.47. The average molecular weight is 366 g/mol. The first-order valence-corrected chi connectivity index (χ1v) is 9.45. The molecular formula is C22H26N2O3. The number of hydrogen-bond donors (Lipinski definition) is 0. The number of carbonyl (C=O) groups excluding carboxylic acids is 2. The van der Waals surface area contributed by atoms with Crippen LogP contribution in [-0.4, -0.2) is 54.4 Å². The maximum atomic E-state index is 12.6. The van der Waals surface area contributed by atoms with E-state index >= 15 is 0 Å². The van der Waals surface area contributed by atoms with Crippen LogP contribution >= 0.6 is 0 Å². The van der Waals surface area contributed by atoms with Crippen molar-refractivity contribution in [3.63, 3.8) is 0 Å². The number of hydrogen-bond acceptors (Lipinski definition) is 3. The van der Waals surface area contributed by atoms with Crippen LogP contribution in [0.4, 0.5) is 0 Å². The number of carbonyl (C=O) groups is 2. The summed E-state index contributed by atoms with van der Waals surface area (Å²) in [7, 11) is 0. The summed E-state index contributed by atoms with van der Waals surface area (Å²) < 4.78 is 5.63. The number of amides is 2. The molecule has 5 nitrogen and oxygen atoms in total. The highest BCUT2D eigenvalue weighted by Gasteiger charge is 2.25. The van der Waals surface area contributed by atoms with Gasteiger partial charge in [-0.05, 0) is 37.1 Å². The third-order valence-electron chi connectivity index (χ3n) is 4.84. The molecule has 1 saturated heterocycles. The van der Waals surface area contributed by atoms with E-state index in [2.05, 4.69) is 0 Å². The van der Waals surface area contributed by atoms with Crippen LogP contribution in [0.2, 0.25) is 0 Å². The van der Waals surface area contributed by atoms with Crippen molar-refractivity contribution in [1.82, 2.24) is 9.80 Å². The third kappa shape index (κ3) is 5.09. The lowest BCUT2D eigenvalue weighted by molar-refractivity contribution is -0.132. The van der Waals surface area contributed by atoms with Gasteiger partial charge in [-0.2, -0.15) is 0 Å². The van der Waals surface area contributed by atoms with E-state index in [1.807, 2.05) is 71.3 Å². The Labute approximate surface area is 160 Å². The minimum Gasteiger partial charge on any atom is -0.494 e. The normalized spacial score (nSPS) is 14.1. The summed E-state index contributed by atoms with van der Waals surface area (Å²) in [5, 5.41) is 0. The minimum absolute atomic E-state index is 0.0523. The van der Waals surface area contributed by atoms with Crippen molar-refractivity contribution in [2.75, 3.05) is 32.8 Å². The Hall–Kier alpha value is -2.82. The Morgan fingerprint density at radius 2 is 1.52 bits per heavy atom. The molecule has 2 aromatic carbocycles. The molecule has 0 atom stereocenters. The van der Waals surface area contributed by atoms with Crippen LogP contribution in [0.3, 0.4) is 0 Å². The number of para-hydroxylation sites is 1. The fourth-order valence-corrected chi connectivity index (χ4v) is 3.23. The van der Waals surface area contributed by atoms with Crippen molar-refractivity contribution < 1.29 is 14.3 Å². The van der Waals surface area contributed by atoms with E-state index in [-0.39, 0.29) is 11.8 Å². The third-order valence-corrected chi connectivity index (χ3v) is 4.84. The smallest absolute Gasteiger partial charge is 0.254 e. The van der Waals surface area contributed by atoms with Gasteiger partial charge in [0.05, 0.1) is 6.61 Å². The van der Waals surface area contributed by atoms with Crippen molar-refractivity contribution >= 4 is 11.8 Å². The summed E-state index contributed by atoms with van der Waals surface area (Å²) in [4.78, 5) is 28.7. The second-order valence-corrected chi connectivity index (χ2v) is 6.75. The predicted molar refractivity (Wildman–Crippen MR) is 105 cm³/mol. The maximum absolute atomic E-state index is 12.6. The molecule has 0 unspecified atom stereocenters. The minimum atomic E-state index is 0.0523. The van der Waals surface area contributed by atoms with Crippen LogP contribution in [-0.2, 0) is 4.79 Å². The van der Waals surface area contributed by atoms with Crippen molar-refractivity contribution in [2.45, 2.75) is 19.8 Å². The van der Waals surface area contributed by atoms with E-state index < -0.39 is 0 Å². The summed E-state index contributed by atoms with van der Waals surface area (Å²) in [5.74, 6) is 1.01. The molecule has 0 bridgehead atoms. The molecule has 5 heteroatoms. The SMILES string of the molecule is Cc1ccccc1C(=O)N1CCN(C(=O)CCCOc2ccccc2)CC1. The number of piperazine rings is 1. The lowest BCUT2D eigenvalue weighted by atomic mass is 10.1. The predicted octanol–water partition coefficient (Wildman–Crippen LogP) is 3.14. The van der Waals surface area contributed by atoms with E-state index in [1.54, 1.807) is 0 Å². The maximum Gasteiger partial charge on any atom is 0.254 e. The Bertz CT molecular complexity index is 768. The molecule has 27 heavy (non-hydrogen) atoms. The quantitative estimate of drug-likeness (QED) is 0.738. The van der Waals surface area contributed by atoms with Gasteiger partial charge in [-0.15, -0.1) is 0 Å². The molecule has 0 spiro atoms. The van der Waals surface area contributed by atoms with E-state index in [9.17, 15) is 9.59 Å². The lowest BCUT2D eigenvalue weighted by Crippen LogP contribution is -2.50. The second kappa shape index (κ2) is 9.21. The van der Waals surface area contributed by atoms with Gasteiger partial charge in [0.25, 0.3) is 5.91 Å². The highest BCUT2D eigenvalue weighted by molar-refractivity contribution is 5.95. The second-order valence-electron chi connectivity index (χ2n) is 6.75. The van der Waals surface area contributed by atoms with Crippen LogP contribution in [0.15, 0.2) is 54.6 Å². The van der Waals surface area contributed by atoms with Gasteiger partial charge in [0.15, 0.2) is 0 Å². The molecule has 0 radical (unpaired) electrons. The van der Waals surface area contributed by atoms with Crippen molar-refractivity contribution in [1.29, 1.82) is 0 Å². The number of ether oxygens (including phenoxy) is 1. The molecule has 0 aliphatic carbocycles. The highest BCUT2D eigenvalue weighted by Crippen LogP contribution is 2.14. The summed E-state index contributed by atoms with van der Waals surface area (Å²) in [6.45, 7) is 4.83. The zero-order valence-corrected chi connectivity index (χ0v) is 15.8. The van der Waals surface area contributed by atoms with Crippen LogP contribution in [0.1, 0.15) is 28.8 Å². The Morgan fingerprint density at radius 3 is 2.22 bits per heavy atom. The molecule has 1 heterocycles. The van der Waals surface area contributed by atoms with E-state index in [0.29, 0.717) is 45.6 Å². The lowest BCUT2D eigenvalue weighted by Gasteiger charge is -2.35. The van der Waals surface area contributed by atoms with Gasteiger partial charge in [0.1, 0.15) is 5.75 Å². The first kappa shape index (κ1) is 19.0.